The molecular weight excluding hydrogens is 316 g/mol. The van der Waals surface area contributed by atoms with E-state index in [1.54, 1.807) is 11.0 Å². The first kappa shape index (κ1) is 13.2. The summed E-state index contributed by atoms with van der Waals surface area (Å²) in [6.45, 7) is 0.299. The van der Waals surface area contributed by atoms with E-state index < -0.39 is 29.5 Å². The van der Waals surface area contributed by atoms with Crippen LogP contribution in [0.5, 0.6) is 0 Å². The number of anilines is 1. The molecule has 0 radical (unpaired) electrons. The third-order valence-corrected chi connectivity index (χ3v) is 5.95. The molecule has 3 aliphatic heterocycles. The van der Waals surface area contributed by atoms with Crippen molar-refractivity contribution in [3.8, 4) is 0 Å². The number of rotatable bonds is 2. The van der Waals surface area contributed by atoms with Crippen LogP contribution in [0.15, 0.2) is 36.4 Å². The second-order valence-electron chi connectivity index (χ2n) is 6.11. The third kappa shape index (κ3) is 1.58. The molecule has 116 valence electrons. The number of aromatic nitrogens is 1. The maximum absolute atomic E-state index is 12.9. The number of amides is 1. The Morgan fingerprint density at radius 1 is 1.43 bits per heavy atom. The highest BCUT2D eigenvalue weighted by Gasteiger charge is 2.65. The fourth-order valence-corrected chi connectivity index (χ4v) is 4.87. The molecule has 1 aromatic carbocycles. The minimum Gasteiger partial charge on any atom is -0.550 e. The van der Waals surface area contributed by atoms with Gasteiger partial charge in [-0.25, -0.2) is 4.98 Å². The van der Waals surface area contributed by atoms with Crippen molar-refractivity contribution in [1.29, 1.82) is 0 Å². The van der Waals surface area contributed by atoms with E-state index in [9.17, 15) is 14.7 Å². The highest BCUT2D eigenvalue weighted by molar-refractivity contribution is 7.22. The molecule has 7 heteroatoms. The number of thiazole rings is 1. The van der Waals surface area contributed by atoms with Crippen molar-refractivity contribution in [1.82, 2.24) is 4.98 Å². The largest absolute Gasteiger partial charge is 0.550 e. The van der Waals surface area contributed by atoms with E-state index in [-0.39, 0.29) is 5.91 Å². The summed E-state index contributed by atoms with van der Waals surface area (Å²) in [6.07, 6.45) is 2.99. The van der Waals surface area contributed by atoms with Gasteiger partial charge in [0, 0.05) is 11.9 Å². The Hall–Kier alpha value is -2.25. The van der Waals surface area contributed by atoms with Gasteiger partial charge in [-0.3, -0.25) is 9.69 Å². The van der Waals surface area contributed by atoms with Gasteiger partial charge >= 0.3 is 0 Å². The zero-order valence-corrected chi connectivity index (χ0v) is 12.7. The molecule has 6 nitrogen and oxygen atoms in total. The molecule has 1 amide bonds. The Morgan fingerprint density at radius 2 is 2.26 bits per heavy atom. The standard InChI is InChI=1S/C16H12N2O4S/c19-13-12-11(14(20)21)9-5-6-16(12,22-9)7-18(13)15-17-8-3-1-2-4-10(8)23-15/h1-6,9,11-12H,7H2,(H,20,21)/p-1/t9-,11+,12-,16-/m1/s1. The molecule has 5 rings (SSSR count). The van der Waals surface area contributed by atoms with E-state index in [1.165, 1.54) is 11.3 Å². The smallest absolute Gasteiger partial charge is 0.236 e. The first-order valence-corrected chi connectivity index (χ1v) is 8.16. The fourth-order valence-electron chi connectivity index (χ4n) is 3.90. The summed E-state index contributed by atoms with van der Waals surface area (Å²) in [7, 11) is 0. The number of benzene rings is 1. The van der Waals surface area contributed by atoms with Crippen LogP contribution in [-0.4, -0.2) is 35.1 Å². The predicted molar refractivity (Wildman–Crippen MR) is 80.7 cm³/mol. The molecule has 0 N–H and O–H groups in total. The Morgan fingerprint density at radius 3 is 3.04 bits per heavy atom. The number of carboxylic acid groups (broad SMARTS) is 1. The highest BCUT2D eigenvalue weighted by atomic mass is 32.1. The van der Waals surface area contributed by atoms with Crippen molar-refractivity contribution in [2.45, 2.75) is 11.7 Å². The van der Waals surface area contributed by atoms with Crippen LogP contribution in [0.4, 0.5) is 5.13 Å². The molecule has 1 aromatic heterocycles. The van der Waals surface area contributed by atoms with Crippen LogP contribution in [0.25, 0.3) is 10.2 Å². The topological polar surface area (TPSA) is 82.6 Å². The summed E-state index contributed by atoms with van der Waals surface area (Å²) in [6, 6.07) is 7.65. The van der Waals surface area contributed by atoms with Crippen LogP contribution in [-0.2, 0) is 14.3 Å². The molecule has 2 aromatic rings. The monoisotopic (exact) mass is 327 g/mol. The molecule has 2 saturated heterocycles. The molecule has 0 saturated carbocycles. The molecule has 4 heterocycles. The number of carbonyl (C=O) groups excluding carboxylic acids is 2. The lowest BCUT2D eigenvalue weighted by molar-refractivity contribution is -0.313. The van der Waals surface area contributed by atoms with Gasteiger partial charge in [0.1, 0.15) is 5.60 Å². The van der Waals surface area contributed by atoms with Crippen LogP contribution in [0.1, 0.15) is 0 Å². The fraction of sp³-hybridized carbons (Fsp3) is 0.312. The first-order chi connectivity index (χ1) is 11.1. The first-order valence-electron chi connectivity index (χ1n) is 7.34. The number of nitrogens with zero attached hydrogens (tertiary/aromatic N) is 2. The van der Waals surface area contributed by atoms with E-state index in [4.69, 9.17) is 4.74 Å². The highest BCUT2D eigenvalue weighted by Crippen LogP contribution is 2.52. The van der Waals surface area contributed by atoms with Crippen molar-refractivity contribution in [3.05, 3.63) is 36.4 Å². The quantitative estimate of drug-likeness (QED) is 0.743. The molecule has 0 unspecified atom stereocenters. The van der Waals surface area contributed by atoms with Crippen LogP contribution >= 0.6 is 11.3 Å². The van der Waals surface area contributed by atoms with Gasteiger partial charge in [0.15, 0.2) is 5.13 Å². The Labute approximate surface area is 135 Å². The molecule has 0 aliphatic carbocycles. The lowest BCUT2D eigenvalue weighted by Crippen LogP contribution is -2.45. The number of hydrogen-bond acceptors (Lipinski definition) is 6. The average molecular weight is 327 g/mol. The second kappa shape index (κ2) is 4.18. The van der Waals surface area contributed by atoms with Crippen molar-refractivity contribution >= 4 is 38.6 Å². The molecule has 1 spiro atoms. The van der Waals surface area contributed by atoms with Crippen LogP contribution < -0.4 is 10.0 Å². The average Bonchev–Trinajstić information content (AvgIpc) is 3.25. The van der Waals surface area contributed by atoms with Crippen LogP contribution in [0.3, 0.4) is 0 Å². The van der Waals surface area contributed by atoms with Crippen molar-refractivity contribution in [2.75, 3.05) is 11.4 Å². The number of carboxylic acids is 1. The zero-order valence-electron chi connectivity index (χ0n) is 11.8. The number of para-hydroxylation sites is 1. The normalized spacial score (nSPS) is 34.5. The van der Waals surface area contributed by atoms with E-state index in [0.29, 0.717) is 11.7 Å². The van der Waals surface area contributed by atoms with Gasteiger partial charge in [-0.05, 0) is 12.1 Å². The predicted octanol–water partition coefficient (Wildman–Crippen LogP) is 0.333. The second-order valence-corrected chi connectivity index (χ2v) is 7.12. The summed E-state index contributed by atoms with van der Waals surface area (Å²) < 4.78 is 6.82. The van der Waals surface area contributed by atoms with Gasteiger partial charge in [0.2, 0.25) is 5.91 Å². The van der Waals surface area contributed by atoms with E-state index in [1.807, 2.05) is 30.3 Å². The third-order valence-electron chi connectivity index (χ3n) is 4.89. The number of aliphatic carboxylic acids is 1. The van der Waals surface area contributed by atoms with Crippen molar-refractivity contribution in [3.63, 3.8) is 0 Å². The van der Waals surface area contributed by atoms with Gasteiger partial charge in [0.25, 0.3) is 0 Å². The molecular formula is C16H11N2O4S-. The maximum Gasteiger partial charge on any atom is 0.236 e. The summed E-state index contributed by atoms with van der Waals surface area (Å²) in [5, 5.41) is 12.0. The Balaban J connectivity index is 1.58. The molecule has 23 heavy (non-hydrogen) atoms. The van der Waals surface area contributed by atoms with Crippen molar-refractivity contribution in [2.24, 2.45) is 11.8 Å². The van der Waals surface area contributed by atoms with Gasteiger partial charge in [0.05, 0.1) is 28.8 Å². The van der Waals surface area contributed by atoms with Gasteiger partial charge in [-0.2, -0.15) is 0 Å². The number of ether oxygens (including phenoxy) is 1. The number of fused-ring (bicyclic) bond motifs is 2. The lowest BCUT2D eigenvalue weighted by atomic mass is 9.77. The van der Waals surface area contributed by atoms with E-state index in [2.05, 4.69) is 4.98 Å². The molecule has 3 aliphatic rings. The lowest BCUT2D eigenvalue weighted by Gasteiger charge is -2.24. The van der Waals surface area contributed by atoms with Crippen LogP contribution in [0.2, 0.25) is 0 Å². The summed E-state index contributed by atoms with van der Waals surface area (Å²) in [4.78, 5) is 30.4. The SMILES string of the molecule is O=C([O-])[C@H]1[C@H]2C=C[C@]3(CN(c4nc5ccccc5s4)C(=O)[C@@H]13)O2. The minimum atomic E-state index is -1.23. The zero-order chi connectivity index (χ0) is 15.8. The summed E-state index contributed by atoms with van der Waals surface area (Å²) >= 11 is 1.42. The van der Waals surface area contributed by atoms with Gasteiger partial charge < -0.3 is 14.6 Å². The van der Waals surface area contributed by atoms with Crippen LogP contribution in [0, 0.1) is 11.8 Å². The van der Waals surface area contributed by atoms with Gasteiger partial charge in [-0.1, -0.05) is 35.6 Å². The summed E-state index contributed by atoms with van der Waals surface area (Å²) in [5.41, 5.74) is -0.0308. The number of hydrogen-bond donors (Lipinski definition) is 0. The summed E-state index contributed by atoms with van der Waals surface area (Å²) in [5.74, 6) is -3.13. The van der Waals surface area contributed by atoms with Crippen molar-refractivity contribution < 1.29 is 19.4 Å². The van der Waals surface area contributed by atoms with E-state index >= 15 is 0 Å². The Bertz CT molecular complexity index is 858. The molecule has 2 bridgehead atoms. The molecule has 2 fully saturated rings. The number of carbonyl (C=O) groups is 2. The minimum absolute atomic E-state index is 0.245. The van der Waals surface area contributed by atoms with Gasteiger partial charge in [-0.15, -0.1) is 0 Å². The molecule has 4 atom stereocenters. The maximum atomic E-state index is 12.9. The van der Waals surface area contributed by atoms with E-state index in [0.717, 1.165) is 10.2 Å². The Kier molecular flexibility index (Phi) is 2.40.